The molecule has 0 aromatic heterocycles. The van der Waals surface area contributed by atoms with Gasteiger partial charge in [-0.1, -0.05) is 72.4 Å². The van der Waals surface area contributed by atoms with Crippen molar-refractivity contribution in [2.24, 2.45) is 0 Å². The Hall–Kier alpha value is -2.53. The van der Waals surface area contributed by atoms with Crippen LogP contribution in [0.2, 0.25) is 10.0 Å². The first-order valence-electron chi connectivity index (χ1n) is 13.3. The smallest absolute Gasteiger partial charge is 0.258 e. The van der Waals surface area contributed by atoms with Crippen LogP contribution in [0.25, 0.3) is 0 Å². The summed E-state index contributed by atoms with van der Waals surface area (Å²) in [5.41, 5.74) is 2.84. The first-order valence-corrected chi connectivity index (χ1v) is 14.0. The van der Waals surface area contributed by atoms with E-state index in [0.29, 0.717) is 27.6 Å². The first kappa shape index (κ1) is 26.1. The van der Waals surface area contributed by atoms with Gasteiger partial charge in [0.25, 0.3) is 5.91 Å². The lowest BCUT2D eigenvalue weighted by Crippen LogP contribution is -2.51. The van der Waals surface area contributed by atoms with Crippen LogP contribution in [0.5, 0.6) is 5.75 Å². The molecule has 0 radical (unpaired) electrons. The number of halogens is 2. The average Bonchev–Trinajstić information content (AvgIpc) is 2.95. The summed E-state index contributed by atoms with van der Waals surface area (Å²) in [5.74, 6) is 1.25. The van der Waals surface area contributed by atoms with E-state index < -0.39 is 0 Å². The molecular weight excluding hydrogens is 503 g/mol. The van der Waals surface area contributed by atoms with Gasteiger partial charge in [-0.25, -0.2) is 0 Å². The van der Waals surface area contributed by atoms with Gasteiger partial charge in [0.2, 0.25) is 0 Å². The predicted molar refractivity (Wildman–Crippen MR) is 152 cm³/mol. The first-order chi connectivity index (χ1) is 18.0. The molecule has 1 saturated heterocycles. The molecule has 2 fully saturated rings. The van der Waals surface area contributed by atoms with Crippen molar-refractivity contribution < 1.29 is 9.53 Å². The predicted octanol–water partition coefficient (Wildman–Crippen LogP) is 7.84. The molecule has 1 heterocycles. The minimum atomic E-state index is -0.0647. The summed E-state index contributed by atoms with van der Waals surface area (Å²) in [5, 5.41) is 0.831. The number of amides is 1. The van der Waals surface area contributed by atoms with Crippen LogP contribution in [0.15, 0.2) is 72.8 Å². The molecule has 1 amide bonds. The molecule has 0 bridgehead atoms. The normalized spacial score (nSPS) is 20.9. The molecule has 2 unspecified atom stereocenters. The Morgan fingerprint density at radius 2 is 1.62 bits per heavy atom. The summed E-state index contributed by atoms with van der Waals surface area (Å²) in [6.07, 6.45) is 6.92. The van der Waals surface area contributed by atoms with E-state index in [9.17, 15) is 4.79 Å². The minimum absolute atomic E-state index is 0.0647. The Morgan fingerprint density at radius 1 is 0.865 bits per heavy atom. The van der Waals surface area contributed by atoms with Crippen LogP contribution in [0.3, 0.4) is 0 Å². The average molecular weight is 538 g/mol. The second-order valence-corrected chi connectivity index (χ2v) is 11.0. The maximum atomic E-state index is 13.9. The number of hydrogen-bond acceptors (Lipinski definition) is 3. The largest absolute Gasteiger partial charge is 0.497 e. The molecule has 0 spiro atoms. The Morgan fingerprint density at radius 3 is 2.35 bits per heavy atom. The number of hydrogen-bond donors (Lipinski definition) is 0. The van der Waals surface area contributed by atoms with Gasteiger partial charge in [-0.3, -0.25) is 9.69 Å². The van der Waals surface area contributed by atoms with Crippen molar-refractivity contribution in [2.45, 2.75) is 56.5 Å². The molecule has 2 aliphatic rings. The van der Waals surface area contributed by atoms with Gasteiger partial charge < -0.3 is 9.64 Å². The summed E-state index contributed by atoms with van der Waals surface area (Å²) in [6.45, 7) is 1.96. The number of carbonyl (C=O) groups is 1. The SMILES string of the molecule is COc1cccc(N(C(=O)c2ccc(Cl)c(Cl)c2)C2CCN(C3CCCCC3c3ccccc3)CC2)c1. The van der Waals surface area contributed by atoms with Gasteiger partial charge in [-0.2, -0.15) is 0 Å². The highest BCUT2D eigenvalue weighted by Crippen LogP contribution is 2.38. The van der Waals surface area contributed by atoms with Crippen LogP contribution in [0, 0.1) is 0 Å². The maximum Gasteiger partial charge on any atom is 0.258 e. The molecule has 3 aromatic carbocycles. The molecule has 1 aliphatic heterocycles. The lowest BCUT2D eigenvalue weighted by molar-refractivity contribution is 0.0895. The third-order valence-electron chi connectivity index (χ3n) is 8.01. The van der Waals surface area contributed by atoms with E-state index in [0.717, 1.165) is 37.4 Å². The van der Waals surface area contributed by atoms with E-state index in [1.54, 1.807) is 25.3 Å². The van der Waals surface area contributed by atoms with Gasteiger partial charge in [0.15, 0.2) is 0 Å². The fraction of sp³-hybridized carbons (Fsp3) is 0.387. The van der Waals surface area contributed by atoms with E-state index in [2.05, 4.69) is 35.2 Å². The Balaban J connectivity index is 1.38. The highest BCUT2D eigenvalue weighted by atomic mass is 35.5. The number of rotatable bonds is 6. The van der Waals surface area contributed by atoms with Crippen LogP contribution in [-0.4, -0.2) is 43.1 Å². The summed E-state index contributed by atoms with van der Waals surface area (Å²) >= 11 is 12.4. The highest BCUT2D eigenvalue weighted by molar-refractivity contribution is 6.42. The number of anilines is 1. The van der Waals surface area contributed by atoms with Crippen molar-refractivity contribution >= 4 is 34.8 Å². The van der Waals surface area contributed by atoms with Crippen LogP contribution in [0.1, 0.15) is 60.4 Å². The van der Waals surface area contributed by atoms with Crippen molar-refractivity contribution in [3.05, 3.63) is 94.0 Å². The number of methoxy groups -OCH3 is 1. The standard InChI is InChI=1S/C31H34Cl2N2O2/c1-37-26-11-7-10-25(21-26)35(31(36)23-14-15-28(32)29(33)20-23)24-16-18-34(19-17-24)30-13-6-5-12-27(30)22-8-3-2-4-9-22/h2-4,7-11,14-15,20-21,24,27,30H,5-6,12-13,16-19H2,1H3. The van der Waals surface area contributed by atoms with Crippen LogP contribution < -0.4 is 9.64 Å². The molecule has 3 aromatic rings. The zero-order valence-electron chi connectivity index (χ0n) is 21.3. The summed E-state index contributed by atoms with van der Waals surface area (Å²) < 4.78 is 5.48. The van der Waals surface area contributed by atoms with Gasteiger partial charge in [-0.05, 0) is 67.5 Å². The number of carbonyl (C=O) groups excluding carboxylic acids is 1. The molecule has 37 heavy (non-hydrogen) atoms. The Labute approximate surface area is 230 Å². The molecule has 1 saturated carbocycles. The van der Waals surface area contributed by atoms with E-state index in [4.69, 9.17) is 27.9 Å². The topological polar surface area (TPSA) is 32.8 Å². The molecule has 5 rings (SSSR count). The Kier molecular flexibility index (Phi) is 8.39. The van der Waals surface area contributed by atoms with Gasteiger partial charge >= 0.3 is 0 Å². The van der Waals surface area contributed by atoms with Crippen molar-refractivity contribution in [2.75, 3.05) is 25.1 Å². The second kappa shape index (κ2) is 11.9. The molecule has 1 aliphatic carbocycles. The fourth-order valence-electron chi connectivity index (χ4n) is 6.14. The zero-order chi connectivity index (χ0) is 25.8. The van der Waals surface area contributed by atoms with Gasteiger partial charge in [-0.15, -0.1) is 0 Å². The van der Waals surface area contributed by atoms with E-state index >= 15 is 0 Å². The van der Waals surface area contributed by atoms with E-state index in [-0.39, 0.29) is 11.9 Å². The molecule has 0 N–H and O–H groups in total. The minimum Gasteiger partial charge on any atom is -0.497 e. The van der Waals surface area contributed by atoms with Crippen LogP contribution in [-0.2, 0) is 0 Å². The zero-order valence-corrected chi connectivity index (χ0v) is 22.8. The van der Waals surface area contributed by atoms with Crippen LogP contribution in [0.4, 0.5) is 5.69 Å². The number of benzene rings is 3. The molecular formula is C31H34Cl2N2O2. The summed E-state index contributed by atoms with van der Waals surface area (Å²) in [6, 6.07) is 24.5. The molecule has 2 atom stereocenters. The molecule has 6 heteroatoms. The summed E-state index contributed by atoms with van der Waals surface area (Å²) in [7, 11) is 1.65. The number of likely N-dealkylation sites (tertiary alicyclic amines) is 1. The van der Waals surface area contributed by atoms with E-state index in [1.807, 2.05) is 29.2 Å². The third-order valence-corrected chi connectivity index (χ3v) is 8.75. The van der Waals surface area contributed by atoms with Gasteiger partial charge in [0, 0.05) is 42.5 Å². The number of ether oxygens (including phenoxy) is 1. The second-order valence-electron chi connectivity index (χ2n) is 10.1. The fourth-order valence-corrected chi connectivity index (χ4v) is 6.43. The Bertz CT molecular complexity index is 1210. The van der Waals surface area contributed by atoms with Crippen LogP contribution >= 0.6 is 23.2 Å². The molecule has 194 valence electrons. The van der Waals surface area contributed by atoms with Gasteiger partial charge in [0.1, 0.15) is 5.75 Å². The summed E-state index contributed by atoms with van der Waals surface area (Å²) in [4.78, 5) is 18.5. The quantitative estimate of drug-likeness (QED) is 0.321. The number of piperidine rings is 1. The van der Waals surface area contributed by atoms with Gasteiger partial charge in [0.05, 0.1) is 17.2 Å². The van der Waals surface area contributed by atoms with E-state index in [1.165, 1.54) is 31.2 Å². The molecule has 4 nitrogen and oxygen atoms in total. The van der Waals surface area contributed by atoms with Crippen molar-refractivity contribution in [3.63, 3.8) is 0 Å². The van der Waals surface area contributed by atoms with Crippen molar-refractivity contribution in [1.82, 2.24) is 4.90 Å². The maximum absolute atomic E-state index is 13.9. The monoisotopic (exact) mass is 536 g/mol. The lowest BCUT2D eigenvalue weighted by Gasteiger charge is -2.45. The van der Waals surface area contributed by atoms with Crippen molar-refractivity contribution in [3.8, 4) is 5.75 Å². The third kappa shape index (κ3) is 5.82. The highest BCUT2D eigenvalue weighted by Gasteiger charge is 2.36. The van der Waals surface area contributed by atoms with Crippen molar-refractivity contribution in [1.29, 1.82) is 0 Å². The lowest BCUT2D eigenvalue weighted by atomic mass is 9.78. The number of nitrogens with zero attached hydrogens (tertiary/aromatic N) is 2.